The molecule has 2 heterocycles. The zero-order valence-electron chi connectivity index (χ0n) is 9.07. The summed E-state index contributed by atoms with van der Waals surface area (Å²) < 4.78 is 0. The molecule has 0 radical (unpaired) electrons. The normalized spacial score (nSPS) is 19.4. The predicted octanol–water partition coefficient (Wildman–Crippen LogP) is 1.53. The van der Waals surface area contributed by atoms with Gasteiger partial charge in [0, 0.05) is 25.1 Å². The third kappa shape index (κ3) is 2.01. The number of nitro groups is 1. The van der Waals surface area contributed by atoms with Crippen molar-refractivity contribution in [1.82, 2.24) is 4.98 Å². The van der Waals surface area contributed by atoms with Gasteiger partial charge in [0.1, 0.15) is 11.9 Å². The monoisotopic (exact) mass is 233 g/mol. The topological polar surface area (TPSA) is 76.3 Å². The van der Waals surface area contributed by atoms with E-state index in [1.165, 1.54) is 17.2 Å². The molecule has 0 bridgehead atoms. The van der Waals surface area contributed by atoms with E-state index in [9.17, 15) is 14.9 Å². The number of aromatic nitrogens is 1. The Morgan fingerprint density at radius 1 is 1.65 bits per heavy atom. The smallest absolute Gasteiger partial charge is 0.306 e. The molecule has 1 aliphatic heterocycles. The summed E-state index contributed by atoms with van der Waals surface area (Å²) in [7, 11) is 0. The lowest BCUT2D eigenvalue weighted by molar-refractivity contribution is -0.384. The quantitative estimate of drug-likeness (QED) is 0.450. The fourth-order valence-electron chi connectivity index (χ4n) is 1.87. The standard InChI is InChI=1S/C11H11N3O3/c1-2-8-5-11(15)13(7-8)9-3-4-12-6-10(9)14(16)17/h2-4,6,8H,1,5,7H2. The third-order valence-corrected chi connectivity index (χ3v) is 2.75. The van der Waals surface area contributed by atoms with Crippen LogP contribution in [0, 0.1) is 16.0 Å². The van der Waals surface area contributed by atoms with Gasteiger partial charge in [0.2, 0.25) is 5.91 Å². The summed E-state index contributed by atoms with van der Waals surface area (Å²) >= 11 is 0. The minimum absolute atomic E-state index is 0.0512. The Bertz CT molecular complexity index is 487. The van der Waals surface area contributed by atoms with Crippen LogP contribution in [0.2, 0.25) is 0 Å². The molecule has 17 heavy (non-hydrogen) atoms. The molecule has 1 saturated heterocycles. The van der Waals surface area contributed by atoms with Gasteiger partial charge in [-0.05, 0) is 6.07 Å². The SMILES string of the molecule is C=CC1CC(=O)N(c2ccncc2[N+](=O)[O-])C1. The molecular weight excluding hydrogens is 222 g/mol. The number of rotatable bonds is 3. The van der Waals surface area contributed by atoms with Gasteiger partial charge < -0.3 is 4.90 Å². The molecule has 1 fully saturated rings. The van der Waals surface area contributed by atoms with Crippen molar-refractivity contribution in [2.45, 2.75) is 6.42 Å². The van der Waals surface area contributed by atoms with Crippen molar-refractivity contribution < 1.29 is 9.72 Å². The van der Waals surface area contributed by atoms with Crippen LogP contribution in [0.4, 0.5) is 11.4 Å². The lowest BCUT2D eigenvalue weighted by Crippen LogP contribution is -2.25. The predicted molar refractivity (Wildman–Crippen MR) is 61.5 cm³/mol. The maximum absolute atomic E-state index is 11.8. The van der Waals surface area contributed by atoms with Crippen molar-refractivity contribution in [2.75, 3.05) is 11.4 Å². The molecule has 88 valence electrons. The molecule has 0 N–H and O–H groups in total. The van der Waals surface area contributed by atoms with Crippen molar-refractivity contribution in [3.8, 4) is 0 Å². The highest BCUT2D eigenvalue weighted by Crippen LogP contribution is 2.31. The highest BCUT2D eigenvalue weighted by atomic mass is 16.6. The molecule has 1 amide bonds. The lowest BCUT2D eigenvalue weighted by Gasteiger charge is -2.15. The Kier molecular flexibility index (Phi) is 2.86. The molecule has 1 unspecified atom stereocenters. The first-order valence-corrected chi connectivity index (χ1v) is 5.15. The van der Waals surface area contributed by atoms with E-state index in [-0.39, 0.29) is 17.5 Å². The van der Waals surface area contributed by atoms with E-state index in [0.29, 0.717) is 18.7 Å². The number of carbonyl (C=O) groups is 1. The molecule has 1 atom stereocenters. The van der Waals surface area contributed by atoms with Crippen molar-refractivity contribution in [3.05, 3.63) is 41.2 Å². The van der Waals surface area contributed by atoms with Crippen LogP contribution in [0.1, 0.15) is 6.42 Å². The summed E-state index contributed by atoms with van der Waals surface area (Å²) in [6.07, 6.45) is 4.65. The lowest BCUT2D eigenvalue weighted by atomic mass is 10.1. The minimum Gasteiger partial charge on any atom is -0.306 e. The van der Waals surface area contributed by atoms with Crippen LogP contribution < -0.4 is 4.90 Å². The largest absolute Gasteiger partial charge is 0.311 e. The molecule has 0 aromatic carbocycles. The molecule has 0 aliphatic carbocycles. The van der Waals surface area contributed by atoms with Crippen LogP contribution in [0.25, 0.3) is 0 Å². The summed E-state index contributed by atoms with van der Waals surface area (Å²) in [5.74, 6) is -0.0699. The molecule has 1 aromatic heterocycles. The summed E-state index contributed by atoms with van der Waals surface area (Å²) in [6, 6.07) is 1.49. The van der Waals surface area contributed by atoms with E-state index < -0.39 is 4.92 Å². The van der Waals surface area contributed by atoms with Gasteiger partial charge in [0.05, 0.1) is 4.92 Å². The Hall–Kier alpha value is -2.24. The molecule has 0 saturated carbocycles. The van der Waals surface area contributed by atoms with Gasteiger partial charge in [-0.25, -0.2) is 0 Å². The third-order valence-electron chi connectivity index (χ3n) is 2.75. The van der Waals surface area contributed by atoms with Gasteiger partial charge in [-0.15, -0.1) is 6.58 Å². The Morgan fingerprint density at radius 3 is 3.00 bits per heavy atom. The van der Waals surface area contributed by atoms with Crippen molar-refractivity contribution in [1.29, 1.82) is 0 Å². The Morgan fingerprint density at radius 2 is 2.41 bits per heavy atom. The number of amides is 1. The van der Waals surface area contributed by atoms with Gasteiger partial charge >= 0.3 is 5.69 Å². The van der Waals surface area contributed by atoms with Gasteiger partial charge in [0.15, 0.2) is 0 Å². The highest BCUT2D eigenvalue weighted by Gasteiger charge is 2.32. The number of pyridine rings is 1. The molecular formula is C11H11N3O3. The van der Waals surface area contributed by atoms with E-state index in [4.69, 9.17) is 0 Å². The molecule has 0 spiro atoms. The highest BCUT2D eigenvalue weighted by molar-refractivity contribution is 5.97. The molecule has 6 nitrogen and oxygen atoms in total. The fraction of sp³-hybridized carbons (Fsp3) is 0.273. The first-order valence-electron chi connectivity index (χ1n) is 5.15. The van der Waals surface area contributed by atoms with Crippen LogP contribution in [0.15, 0.2) is 31.1 Å². The second-order valence-corrected chi connectivity index (χ2v) is 3.83. The van der Waals surface area contributed by atoms with Gasteiger partial charge in [-0.1, -0.05) is 6.08 Å². The van der Waals surface area contributed by atoms with Gasteiger partial charge in [-0.3, -0.25) is 19.9 Å². The van der Waals surface area contributed by atoms with Gasteiger partial charge in [0.25, 0.3) is 0 Å². The van der Waals surface area contributed by atoms with E-state index in [2.05, 4.69) is 11.6 Å². The van der Waals surface area contributed by atoms with E-state index in [0.717, 1.165) is 6.20 Å². The van der Waals surface area contributed by atoms with Crippen molar-refractivity contribution in [2.24, 2.45) is 5.92 Å². The molecule has 2 rings (SSSR count). The number of anilines is 1. The summed E-state index contributed by atoms with van der Waals surface area (Å²) in [5.41, 5.74) is 0.157. The second-order valence-electron chi connectivity index (χ2n) is 3.83. The van der Waals surface area contributed by atoms with E-state index >= 15 is 0 Å². The summed E-state index contributed by atoms with van der Waals surface area (Å²) in [6.45, 7) is 4.08. The molecule has 1 aliphatic rings. The number of hydrogen-bond donors (Lipinski definition) is 0. The first-order chi connectivity index (χ1) is 8.13. The van der Waals surface area contributed by atoms with E-state index in [1.807, 2.05) is 0 Å². The fourth-order valence-corrected chi connectivity index (χ4v) is 1.87. The van der Waals surface area contributed by atoms with Crippen molar-refractivity contribution >= 4 is 17.3 Å². The van der Waals surface area contributed by atoms with Crippen LogP contribution >= 0.6 is 0 Å². The number of hydrogen-bond acceptors (Lipinski definition) is 4. The number of nitrogens with zero attached hydrogens (tertiary/aromatic N) is 3. The first kappa shape index (κ1) is 11.3. The molecule has 6 heteroatoms. The average Bonchev–Trinajstić information content (AvgIpc) is 2.70. The van der Waals surface area contributed by atoms with Gasteiger partial charge in [-0.2, -0.15) is 0 Å². The molecule has 1 aromatic rings. The maximum Gasteiger partial charge on any atom is 0.311 e. The Labute approximate surface area is 97.7 Å². The van der Waals surface area contributed by atoms with Crippen LogP contribution in [0.5, 0.6) is 0 Å². The Balaban J connectivity index is 2.38. The maximum atomic E-state index is 11.8. The van der Waals surface area contributed by atoms with Crippen LogP contribution in [-0.2, 0) is 4.79 Å². The summed E-state index contributed by atoms with van der Waals surface area (Å²) in [5, 5.41) is 10.8. The van der Waals surface area contributed by atoms with Crippen LogP contribution in [-0.4, -0.2) is 22.4 Å². The average molecular weight is 233 g/mol. The number of carbonyl (C=O) groups excluding carboxylic acids is 1. The van der Waals surface area contributed by atoms with Crippen LogP contribution in [0.3, 0.4) is 0 Å². The summed E-state index contributed by atoms with van der Waals surface area (Å²) in [4.78, 5) is 27.2. The van der Waals surface area contributed by atoms with E-state index in [1.54, 1.807) is 6.08 Å². The zero-order valence-corrected chi connectivity index (χ0v) is 9.07. The van der Waals surface area contributed by atoms with Crippen molar-refractivity contribution in [3.63, 3.8) is 0 Å². The second kappa shape index (κ2) is 4.32. The minimum atomic E-state index is -0.531. The zero-order chi connectivity index (χ0) is 12.4.